The summed E-state index contributed by atoms with van der Waals surface area (Å²) in [4.78, 5) is 29.3. The molecule has 0 spiro atoms. The number of benzene rings is 2. The van der Waals surface area contributed by atoms with Crippen molar-refractivity contribution in [3.63, 3.8) is 0 Å². The lowest BCUT2D eigenvalue weighted by molar-refractivity contribution is -0.121. The maximum atomic E-state index is 13.2. The second-order valence-corrected chi connectivity index (χ2v) is 10.5. The van der Waals surface area contributed by atoms with Gasteiger partial charge in [-0.05, 0) is 54.5 Å². The first-order valence-electron chi connectivity index (χ1n) is 10.5. The number of carbonyl (C=O) groups excluding carboxylic acids is 2. The molecule has 160 valence electrons. The molecule has 1 fully saturated rings. The number of imide groups is 1. The number of nitrogens with two attached hydrogens (primary N) is 1. The van der Waals surface area contributed by atoms with Crippen molar-refractivity contribution in [1.82, 2.24) is 0 Å². The molecule has 2 N–H and O–H groups in total. The summed E-state index contributed by atoms with van der Waals surface area (Å²) in [6.45, 7) is 0. The van der Waals surface area contributed by atoms with Gasteiger partial charge in [-0.1, -0.05) is 36.4 Å². The lowest BCUT2D eigenvalue weighted by atomic mass is 9.83. The van der Waals surface area contributed by atoms with Crippen LogP contribution in [-0.4, -0.2) is 17.1 Å². The first kappa shape index (κ1) is 20.8. The van der Waals surface area contributed by atoms with Crippen LogP contribution >= 0.6 is 23.1 Å². The van der Waals surface area contributed by atoms with E-state index in [-0.39, 0.29) is 18.2 Å². The number of rotatable bonds is 4. The van der Waals surface area contributed by atoms with E-state index in [0.29, 0.717) is 22.2 Å². The molecule has 2 heterocycles. The summed E-state index contributed by atoms with van der Waals surface area (Å²) in [5.41, 5.74) is 9.26. The fraction of sp³-hybridized carbons (Fsp3) is 0.240. The van der Waals surface area contributed by atoms with Gasteiger partial charge in [0, 0.05) is 21.9 Å². The largest absolute Gasteiger partial charge is 0.399 e. The third kappa shape index (κ3) is 3.70. The molecule has 5 nitrogen and oxygen atoms in total. The van der Waals surface area contributed by atoms with Crippen LogP contribution in [0.25, 0.3) is 0 Å². The Morgan fingerprint density at radius 1 is 1.09 bits per heavy atom. The first-order valence-corrected chi connectivity index (χ1v) is 12.2. The van der Waals surface area contributed by atoms with Gasteiger partial charge in [0.15, 0.2) is 0 Å². The molecule has 2 atom stereocenters. The van der Waals surface area contributed by atoms with Crippen molar-refractivity contribution in [3.05, 3.63) is 76.2 Å². The van der Waals surface area contributed by atoms with Crippen molar-refractivity contribution in [2.75, 3.05) is 10.6 Å². The van der Waals surface area contributed by atoms with Crippen LogP contribution < -0.4 is 10.6 Å². The van der Waals surface area contributed by atoms with Crippen molar-refractivity contribution in [2.45, 2.75) is 41.7 Å². The zero-order chi connectivity index (χ0) is 22.2. The third-order valence-electron chi connectivity index (χ3n) is 6.07. The smallest absolute Gasteiger partial charge is 0.248 e. The Labute approximate surface area is 194 Å². The van der Waals surface area contributed by atoms with Crippen LogP contribution in [0.1, 0.15) is 40.3 Å². The molecule has 7 heteroatoms. The summed E-state index contributed by atoms with van der Waals surface area (Å²) < 4.78 is 0. The van der Waals surface area contributed by atoms with Crippen LogP contribution in [0.2, 0.25) is 0 Å². The lowest BCUT2D eigenvalue weighted by Gasteiger charge is -2.22. The number of thiophene rings is 1. The standard InChI is InChI=1S/C25H21N3O2S2/c26-14-20-19-10-9-16(15-5-2-1-3-6-15)11-21(19)32-25(20)28-23(29)13-22(24(28)30)31-18-8-4-7-17(27)12-18/h1-8,12,16,22H,9-11,13,27H2/t16-,22-/m1/s1. The van der Waals surface area contributed by atoms with Gasteiger partial charge in [0.25, 0.3) is 0 Å². The van der Waals surface area contributed by atoms with E-state index in [1.807, 2.05) is 30.3 Å². The summed E-state index contributed by atoms with van der Waals surface area (Å²) in [7, 11) is 0. The van der Waals surface area contributed by atoms with E-state index in [1.165, 1.54) is 33.6 Å². The predicted molar refractivity (Wildman–Crippen MR) is 128 cm³/mol. The highest BCUT2D eigenvalue weighted by Crippen LogP contribution is 2.45. The minimum absolute atomic E-state index is 0.123. The Bertz CT molecular complexity index is 1250. The minimum Gasteiger partial charge on any atom is -0.399 e. The average molecular weight is 460 g/mol. The summed E-state index contributed by atoms with van der Waals surface area (Å²) in [5, 5.41) is 9.89. The van der Waals surface area contributed by atoms with Crippen LogP contribution in [-0.2, 0) is 22.4 Å². The Kier molecular flexibility index (Phi) is 5.50. The number of nitrogens with zero attached hydrogens (tertiary/aromatic N) is 2. The average Bonchev–Trinajstić information content (AvgIpc) is 3.29. The number of carbonyl (C=O) groups is 2. The van der Waals surface area contributed by atoms with E-state index in [0.717, 1.165) is 34.6 Å². The van der Waals surface area contributed by atoms with Crippen LogP contribution in [0.15, 0.2) is 59.5 Å². The molecule has 2 aromatic carbocycles. The number of anilines is 2. The molecule has 2 aliphatic rings. The summed E-state index contributed by atoms with van der Waals surface area (Å²) in [5.74, 6) is -0.109. The molecule has 0 radical (unpaired) electrons. The molecular formula is C25H21N3O2S2. The van der Waals surface area contributed by atoms with Gasteiger partial charge >= 0.3 is 0 Å². The van der Waals surface area contributed by atoms with E-state index in [1.54, 1.807) is 12.1 Å². The molecule has 0 unspecified atom stereocenters. The van der Waals surface area contributed by atoms with Crippen LogP contribution in [0, 0.1) is 11.3 Å². The van der Waals surface area contributed by atoms with E-state index >= 15 is 0 Å². The summed E-state index contributed by atoms with van der Waals surface area (Å²) in [6, 6.07) is 20.0. The van der Waals surface area contributed by atoms with Crippen molar-refractivity contribution in [3.8, 4) is 6.07 Å². The van der Waals surface area contributed by atoms with Gasteiger partial charge in [-0.25, -0.2) is 4.90 Å². The summed E-state index contributed by atoms with van der Waals surface area (Å²) >= 11 is 2.78. The quantitative estimate of drug-likeness (QED) is 0.443. The maximum absolute atomic E-state index is 13.2. The van der Waals surface area contributed by atoms with Crippen molar-refractivity contribution < 1.29 is 9.59 Å². The number of amides is 2. The molecule has 1 aliphatic carbocycles. The molecule has 5 rings (SSSR count). The minimum atomic E-state index is -0.507. The number of nitrogen functional groups attached to an aromatic ring is 1. The zero-order valence-corrected chi connectivity index (χ0v) is 18.9. The third-order valence-corrected chi connectivity index (χ3v) is 8.49. The molecule has 1 aromatic heterocycles. The van der Waals surface area contributed by atoms with Gasteiger partial charge < -0.3 is 5.73 Å². The fourth-order valence-corrected chi connectivity index (χ4v) is 7.04. The van der Waals surface area contributed by atoms with Gasteiger partial charge in [-0.15, -0.1) is 23.1 Å². The van der Waals surface area contributed by atoms with Gasteiger partial charge in [-0.3, -0.25) is 9.59 Å². The van der Waals surface area contributed by atoms with Gasteiger partial charge in [0.2, 0.25) is 11.8 Å². The highest BCUT2D eigenvalue weighted by Gasteiger charge is 2.43. The number of hydrogen-bond acceptors (Lipinski definition) is 6. The molecule has 1 aliphatic heterocycles. The summed E-state index contributed by atoms with van der Waals surface area (Å²) in [6.07, 6.45) is 2.69. The highest BCUT2D eigenvalue weighted by atomic mass is 32.2. The monoisotopic (exact) mass is 459 g/mol. The lowest BCUT2D eigenvalue weighted by Crippen LogP contribution is -2.31. The number of hydrogen-bond donors (Lipinski definition) is 1. The molecule has 0 bridgehead atoms. The molecule has 2 amide bonds. The Balaban J connectivity index is 1.43. The van der Waals surface area contributed by atoms with Crippen LogP contribution in [0.5, 0.6) is 0 Å². The van der Waals surface area contributed by atoms with Crippen LogP contribution in [0.4, 0.5) is 10.7 Å². The van der Waals surface area contributed by atoms with Crippen molar-refractivity contribution >= 4 is 45.6 Å². The molecule has 1 saturated heterocycles. The van der Waals surface area contributed by atoms with E-state index in [2.05, 4.69) is 18.2 Å². The van der Waals surface area contributed by atoms with Gasteiger partial charge in [-0.2, -0.15) is 5.26 Å². The Hall–Kier alpha value is -3.08. The zero-order valence-electron chi connectivity index (χ0n) is 17.3. The number of fused-ring (bicyclic) bond motifs is 1. The number of thioether (sulfide) groups is 1. The van der Waals surface area contributed by atoms with E-state index < -0.39 is 5.25 Å². The van der Waals surface area contributed by atoms with Crippen molar-refractivity contribution in [2.24, 2.45) is 0 Å². The molecular weight excluding hydrogens is 438 g/mol. The van der Waals surface area contributed by atoms with Gasteiger partial charge in [0.05, 0.1) is 10.8 Å². The fourth-order valence-electron chi connectivity index (χ4n) is 4.52. The van der Waals surface area contributed by atoms with Gasteiger partial charge in [0.1, 0.15) is 11.1 Å². The first-order chi connectivity index (χ1) is 15.5. The molecule has 3 aromatic rings. The Morgan fingerprint density at radius 3 is 2.66 bits per heavy atom. The SMILES string of the molecule is N#Cc1c(N2C(=O)C[C@@H](Sc3cccc(N)c3)C2=O)sc2c1CC[C@@H](c1ccccc1)C2. The second-order valence-electron chi connectivity index (χ2n) is 8.10. The second kappa shape index (κ2) is 8.45. The maximum Gasteiger partial charge on any atom is 0.248 e. The van der Waals surface area contributed by atoms with E-state index in [9.17, 15) is 14.9 Å². The highest BCUT2D eigenvalue weighted by molar-refractivity contribution is 8.00. The van der Waals surface area contributed by atoms with Crippen molar-refractivity contribution in [1.29, 1.82) is 5.26 Å². The molecule has 32 heavy (non-hydrogen) atoms. The van der Waals surface area contributed by atoms with Crippen LogP contribution in [0.3, 0.4) is 0 Å². The topological polar surface area (TPSA) is 87.2 Å². The number of nitriles is 1. The van der Waals surface area contributed by atoms with E-state index in [4.69, 9.17) is 5.73 Å². The molecule has 0 saturated carbocycles. The Morgan fingerprint density at radius 2 is 1.91 bits per heavy atom. The predicted octanol–water partition coefficient (Wildman–Crippen LogP) is 4.90. The normalized spacial score (nSPS) is 20.3.